The van der Waals surface area contributed by atoms with Gasteiger partial charge in [-0.2, -0.15) is 5.10 Å². The van der Waals surface area contributed by atoms with Crippen LogP contribution in [0.25, 0.3) is 5.69 Å². The summed E-state index contributed by atoms with van der Waals surface area (Å²) in [7, 11) is 4.18. The average Bonchev–Trinajstić information content (AvgIpc) is 2.71. The number of aromatic nitrogens is 3. The molecule has 0 aliphatic carbocycles. The van der Waals surface area contributed by atoms with E-state index in [1.807, 2.05) is 28.8 Å². The van der Waals surface area contributed by atoms with Gasteiger partial charge in [0.1, 0.15) is 6.04 Å². The van der Waals surface area contributed by atoms with E-state index in [0.717, 1.165) is 11.5 Å². The smallest absolute Gasteiger partial charge is 0.200 e. The van der Waals surface area contributed by atoms with Crippen molar-refractivity contribution in [2.24, 2.45) is 0 Å². The first-order valence-electron chi connectivity index (χ1n) is 5.74. The fourth-order valence-electron chi connectivity index (χ4n) is 1.70. The van der Waals surface area contributed by atoms with E-state index in [9.17, 15) is 0 Å². The summed E-state index contributed by atoms with van der Waals surface area (Å²) in [4.78, 5) is 1.29. The minimum atomic E-state index is 0.244. The Balaban J connectivity index is 2.53. The van der Waals surface area contributed by atoms with Crippen LogP contribution < -0.4 is 4.90 Å². The van der Waals surface area contributed by atoms with E-state index in [4.69, 9.17) is 23.8 Å². The van der Waals surface area contributed by atoms with Gasteiger partial charge in [-0.15, -0.1) is 0 Å². The Morgan fingerprint density at radius 3 is 2.50 bits per heavy atom. The molecule has 0 amide bonds. The zero-order chi connectivity index (χ0) is 13.3. The number of aromatic amines is 1. The summed E-state index contributed by atoms with van der Waals surface area (Å²) in [5.41, 5.74) is 0.973. The van der Waals surface area contributed by atoms with Crippen LogP contribution in [0.2, 0.25) is 5.02 Å². The molecule has 96 valence electrons. The molecule has 2 rings (SSSR count). The van der Waals surface area contributed by atoms with Gasteiger partial charge in [-0.25, -0.2) is 0 Å². The van der Waals surface area contributed by atoms with Gasteiger partial charge in [0.15, 0.2) is 10.6 Å². The van der Waals surface area contributed by atoms with E-state index in [1.54, 1.807) is 0 Å². The molecule has 0 aliphatic heterocycles. The molecule has 0 spiro atoms. The zero-order valence-electron chi connectivity index (χ0n) is 10.6. The van der Waals surface area contributed by atoms with Crippen molar-refractivity contribution in [3.05, 3.63) is 39.9 Å². The summed E-state index contributed by atoms with van der Waals surface area (Å²) in [5, 5.41) is 7.89. The highest BCUT2D eigenvalue weighted by molar-refractivity contribution is 7.71. The molecule has 0 saturated heterocycles. The second-order valence-corrected chi connectivity index (χ2v) is 5.32. The van der Waals surface area contributed by atoms with Gasteiger partial charge >= 0.3 is 0 Å². The summed E-state index contributed by atoms with van der Waals surface area (Å²) in [6.45, 7) is 2.12. The average molecular weight is 284 g/mol. The van der Waals surface area contributed by atoms with Crippen molar-refractivity contribution in [2.75, 3.05) is 14.1 Å². The van der Waals surface area contributed by atoms with Gasteiger partial charge in [-0.1, -0.05) is 11.6 Å². The highest BCUT2D eigenvalue weighted by Crippen LogP contribution is 2.17. The molecule has 1 atom stereocenters. The lowest BCUT2D eigenvalue weighted by Crippen LogP contribution is -3.05. The van der Waals surface area contributed by atoms with Gasteiger partial charge in [0.25, 0.3) is 0 Å². The fraction of sp³-hybridized carbons (Fsp3) is 0.333. The van der Waals surface area contributed by atoms with Crippen molar-refractivity contribution in [3.63, 3.8) is 0 Å². The first-order chi connectivity index (χ1) is 8.50. The third-order valence-electron chi connectivity index (χ3n) is 3.04. The summed E-state index contributed by atoms with van der Waals surface area (Å²) < 4.78 is 2.55. The molecule has 2 N–H and O–H groups in total. The van der Waals surface area contributed by atoms with Crippen molar-refractivity contribution >= 4 is 23.8 Å². The molecule has 0 bridgehead atoms. The maximum Gasteiger partial charge on any atom is 0.200 e. The number of H-pyrrole nitrogens is 1. The number of halogens is 1. The molecule has 1 aromatic carbocycles. The van der Waals surface area contributed by atoms with Crippen LogP contribution in [0.1, 0.15) is 18.8 Å². The molecule has 0 aliphatic rings. The third kappa shape index (κ3) is 2.48. The molecule has 2 aromatic rings. The van der Waals surface area contributed by atoms with E-state index >= 15 is 0 Å². The lowest BCUT2D eigenvalue weighted by Gasteiger charge is -2.17. The standard InChI is InChI=1S/C12H15ClN4S/c1-8(16(2)3)11-14-15-12(18)17(11)10-6-4-9(13)5-7-10/h4-8H,1-3H3,(H,15,18)/p+1/t8-/m1/s1. The van der Waals surface area contributed by atoms with Crippen LogP contribution in [0.4, 0.5) is 0 Å². The highest BCUT2D eigenvalue weighted by Gasteiger charge is 2.19. The van der Waals surface area contributed by atoms with E-state index in [1.165, 1.54) is 4.90 Å². The second-order valence-electron chi connectivity index (χ2n) is 4.50. The van der Waals surface area contributed by atoms with Crippen LogP contribution >= 0.6 is 23.8 Å². The third-order valence-corrected chi connectivity index (χ3v) is 3.56. The molecule has 0 fully saturated rings. The number of nitrogens with one attached hydrogen (secondary N) is 2. The van der Waals surface area contributed by atoms with Crippen molar-refractivity contribution < 1.29 is 4.90 Å². The first kappa shape index (κ1) is 13.3. The van der Waals surface area contributed by atoms with Gasteiger partial charge in [0, 0.05) is 10.7 Å². The summed E-state index contributed by atoms with van der Waals surface area (Å²) >= 11 is 11.2. The Bertz CT molecular complexity index is 585. The normalized spacial score (nSPS) is 12.9. The van der Waals surface area contributed by atoms with Crippen molar-refractivity contribution in [2.45, 2.75) is 13.0 Å². The largest absolute Gasteiger partial charge is 0.331 e. The number of hydrogen-bond acceptors (Lipinski definition) is 2. The molecule has 0 unspecified atom stereocenters. The highest BCUT2D eigenvalue weighted by atomic mass is 35.5. The van der Waals surface area contributed by atoms with E-state index in [2.05, 4.69) is 31.2 Å². The molecular formula is C12H16ClN4S+. The Hall–Kier alpha value is -1.17. The van der Waals surface area contributed by atoms with Crippen molar-refractivity contribution in [1.29, 1.82) is 0 Å². The fourth-order valence-corrected chi connectivity index (χ4v) is 2.07. The maximum atomic E-state index is 5.90. The number of hydrogen-bond donors (Lipinski definition) is 2. The Morgan fingerprint density at radius 1 is 1.33 bits per heavy atom. The van der Waals surface area contributed by atoms with E-state index in [-0.39, 0.29) is 6.04 Å². The molecule has 4 nitrogen and oxygen atoms in total. The Morgan fingerprint density at radius 2 is 1.94 bits per heavy atom. The SMILES string of the molecule is C[C@H](c1n[nH]c(=S)n1-c1ccc(Cl)cc1)[NH+](C)C. The van der Waals surface area contributed by atoms with Crippen molar-refractivity contribution in [3.8, 4) is 5.69 Å². The Kier molecular flexibility index (Phi) is 3.85. The lowest BCUT2D eigenvalue weighted by atomic mass is 10.2. The number of quaternary nitrogens is 1. The van der Waals surface area contributed by atoms with Crippen LogP contribution in [0.15, 0.2) is 24.3 Å². The van der Waals surface area contributed by atoms with Crippen LogP contribution in [0.5, 0.6) is 0 Å². The molecular weight excluding hydrogens is 268 g/mol. The van der Waals surface area contributed by atoms with Gasteiger partial charge in [0.05, 0.1) is 14.1 Å². The van der Waals surface area contributed by atoms with Crippen LogP contribution in [0, 0.1) is 4.77 Å². The Labute approximate surface area is 116 Å². The maximum absolute atomic E-state index is 5.90. The predicted octanol–water partition coefficient (Wildman–Crippen LogP) is 1.79. The second kappa shape index (κ2) is 5.22. The molecule has 0 saturated carbocycles. The van der Waals surface area contributed by atoms with Crippen LogP contribution in [-0.2, 0) is 0 Å². The monoisotopic (exact) mass is 283 g/mol. The topological polar surface area (TPSA) is 38.0 Å². The number of nitrogens with zero attached hydrogens (tertiary/aromatic N) is 2. The minimum Gasteiger partial charge on any atom is -0.331 e. The molecule has 1 heterocycles. The molecule has 1 aromatic heterocycles. The molecule has 6 heteroatoms. The number of rotatable bonds is 3. The van der Waals surface area contributed by atoms with Gasteiger partial charge in [-0.3, -0.25) is 9.67 Å². The van der Waals surface area contributed by atoms with Gasteiger partial charge < -0.3 is 4.90 Å². The lowest BCUT2D eigenvalue weighted by molar-refractivity contribution is -0.890. The summed E-state index contributed by atoms with van der Waals surface area (Å²) in [6, 6.07) is 7.82. The van der Waals surface area contributed by atoms with Crippen molar-refractivity contribution in [1.82, 2.24) is 14.8 Å². The summed E-state index contributed by atoms with van der Waals surface area (Å²) in [6.07, 6.45) is 0. The minimum absolute atomic E-state index is 0.244. The zero-order valence-corrected chi connectivity index (χ0v) is 12.1. The molecule has 0 radical (unpaired) electrons. The first-order valence-corrected chi connectivity index (χ1v) is 6.52. The van der Waals surface area contributed by atoms with Gasteiger partial charge in [-0.05, 0) is 43.4 Å². The van der Waals surface area contributed by atoms with E-state index in [0.29, 0.717) is 9.79 Å². The van der Waals surface area contributed by atoms with Gasteiger partial charge in [0.2, 0.25) is 0 Å². The van der Waals surface area contributed by atoms with E-state index < -0.39 is 0 Å². The number of benzene rings is 1. The van der Waals surface area contributed by atoms with Crippen LogP contribution in [0.3, 0.4) is 0 Å². The molecule has 18 heavy (non-hydrogen) atoms. The summed E-state index contributed by atoms with van der Waals surface area (Å²) in [5.74, 6) is 0.919. The van der Waals surface area contributed by atoms with Crippen LogP contribution in [-0.4, -0.2) is 28.9 Å². The quantitative estimate of drug-likeness (QED) is 0.843. The predicted molar refractivity (Wildman–Crippen MR) is 75.0 cm³/mol.